The van der Waals surface area contributed by atoms with Crippen molar-refractivity contribution < 1.29 is 4.79 Å². The zero-order valence-electron chi connectivity index (χ0n) is 8.79. The molecule has 0 radical (unpaired) electrons. The average Bonchev–Trinajstić information content (AvgIpc) is 2.29. The molecular weight excluding hydrogens is 192 g/mol. The number of aromatic nitrogens is 1. The molecule has 15 heavy (non-hydrogen) atoms. The van der Waals surface area contributed by atoms with E-state index in [1.165, 1.54) is 6.20 Å². The number of nitrogens with two attached hydrogens (primary N) is 1. The van der Waals surface area contributed by atoms with Crippen molar-refractivity contribution in [2.45, 2.75) is 19.8 Å². The molecule has 4 N–H and O–H groups in total. The highest BCUT2D eigenvalue weighted by Crippen LogP contribution is 2.03. The summed E-state index contributed by atoms with van der Waals surface area (Å²) in [5, 5.41) is 2.81. The number of amides is 1. The Morgan fingerprint density at radius 3 is 2.87 bits per heavy atom. The molecule has 0 atom stereocenters. The van der Waals surface area contributed by atoms with Crippen molar-refractivity contribution in [3.63, 3.8) is 0 Å². The number of anilines is 1. The van der Waals surface area contributed by atoms with E-state index in [1.54, 1.807) is 12.1 Å². The quantitative estimate of drug-likeness (QED) is 0.381. The molecule has 0 fully saturated rings. The molecule has 0 bridgehead atoms. The van der Waals surface area contributed by atoms with E-state index in [0.29, 0.717) is 17.9 Å². The van der Waals surface area contributed by atoms with Crippen molar-refractivity contribution in [3.05, 3.63) is 23.9 Å². The lowest BCUT2D eigenvalue weighted by Gasteiger charge is -2.04. The van der Waals surface area contributed by atoms with Crippen molar-refractivity contribution in [2.24, 2.45) is 5.84 Å². The molecule has 0 saturated carbocycles. The molecule has 0 aromatic carbocycles. The van der Waals surface area contributed by atoms with Crippen LogP contribution in [-0.2, 0) is 0 Å². The van der Waals surface area contributed by atoms with Crippen LogP contribution in [-0.4, -0.2) is 17.4 Å². The Hall–Kier alpha value is -1.62. The van der Waals surface area contributed by atoms with Gasteiger partial charge in [-0.3, -0.25) is 4.79 Å². The number of nitrogen functional groups attached to an aromatic ring is 1. The summed E-state index contributed by atoms with van der Waals surface area (Å²) in [6.45, 7) is 2.78. The second-order valence-corrected chi connectivity index (χ2v) is 3.19. The topological polar surface area (TPSA) is 80.0 Å². The third-order valence-electron chi connectivity index (χ3n) is 1.99. The van der Waals surface area contributed by atoms with Gasteiger partial charge in [-0.15, -0.1) is 0 Å². The third kappa shape index (κ3) is 3.55. The van der Waals surface area contributed by atoms with Crippen molar-refractivity contribution in [1.82, 2.24) is 10.3 Å². The Morgan fingerprint density at radius 2 is 2.33 bits per heavy atom. The van der Waals surface area contributed by atoms with Gasteiger partial charge in [-0.1, -0.05) is 13.3 Å². The first-order chi connectivity index (χ1) is 7.27. The number of hydrazine groups is 1. The maximum absolute atomic E-state index is 11.5. The van der Waals surface area contributed by atoms with Gasteiger partial charge < -0.3 is 10.7 Å². The lowest BCUT2D eigenvalue weighted by atomic mass is 10.2. The van der Waals surface area contributed by atoms with Gasteiger partial charge in [0.1, 0.15) is 5.82 Å². The monoisotopic (exact) mass is 208 g/mol. The molecule has 1 rings (SSSR count). The normalized spacial score (nSPS) is 9.73. The lowest BCUT2D eigenvalue weighted by Crippen LogP contribution is -2.24. The molecule has 0 saturated heterocycles. The van der Waals surface area contributed by atoms with E-state index in [-0.39, 0.29) is 5.91 Å². The molecule has 1 aromatic heterocycles. The molecule has 0 spiro atoms. The minimum Gasteiger partial charge on any atom is -0.352 e. The van der Waals surface area contributed by atoms with Crippen LogP contribution < -0.4 is 16.6 Å². The minimum atomic E-state index is -0.0977. The summed E-state index contributed by atoms with van der Waals surface area (Å²) in [4.78, 5) is 15.5. The fourth-order valence-electron chi connectivity index (χ4n) is 1.09. The van der Waals surface area contributed by atoms with E-state index < -0.39 is 0 Å². The largest absolute Gasteiger partial charge is 0.352 e. The third-order valence-corrected chi connectivity index (χ3v) is 1.99. The first kappa shape index (κ1) is 11.5. The number of nitrogens with one attached hydrogen (secondary N) is 2. The smallest absolute Gasteiger partial charge is 0.252 e. The molecule has 0 aliphatic rings. The number of unbranched alkanes of at least 4 members (excludes halogenated alkanes) is 1. The number of rotatable bonds is 5. The Bertz CT molecular complexity index is 310. The fraction of sp³-hybridized carbons (Fsp3) is 0.400. The Kier molecular flexibility index (Phi) is 4.56. The van der Waals surface area contributed by atoms with Gasteiger partial charge in [0.2, 0.25) is 0 Å². The van der Waals surface area contributed by atoms with Gasteiger partial charge in [0.05, 0.1) is 5.56 Å². The highest BCUT2D eigenvalue weighted by molar-refractivity contribution is 5.93. The van der Waals surface area contributed by atoms with Crippen LogP contribution in [0.5, 0.6) is 0 Å². The van der Waals surface area contributed by atoms with E-state index in [1.807, 2.05) is 0 Å². The fourth-order valence-corrected chi connectivity index (χ4v) is 1.09. The van der Waals surface area contributed by atoms with E-state index in [2.05, 4.69) is 22.7 Å². The van der Waals surface area contributed by atoms with Crippen LogP contribution in [0.3, 0.4) is 0 Å². The Labute approximate surface area is 89.0 Å². The molecule has 1 aromatic rings. The molecule has 0 aliphatic carbocycles. The summed E-state index contributed by atoms with van der Waals surface area (Å²) in [6, 6.07) is 3.35. The number of hydrogen-bond donors (Lipinski definition) is 3. The van der Waals surface area contributed by atoms with E-state index in [4.69, 9.17) is 5.84 Å². The maximum atomic E-state index is 11.5. The summed E-state index contributed by atoms with van der Waals surface area (Å²) < 4.78 is 0. The minimum absolute atomic E-state index is 0.0977. The maximum Gasteiger partial charge on any atom is 0.252 e. The van der Waals surface area contributed by atoms with Crippen LogP contribution >= 0.6 is 0 Å². The zero-order chi connectivity index (χ0) is 11.1. The predicted octanol–water partition coefficient (Wildman–Crippen LogP) is 0.897. The van der Waals surface area contributed by atoms with Crippen LogP contribution in [0, 0.1) is 0 Å². The van der Waals surface area contributed by atoms with Gasteiger partial charge in [-0.25, -0.2) is 10.8 Å². The SMILES string of the molecule is CCCCNC(=O)c1ccc(NN)nc1. The van der Waals surface area contributed by atoms with Crippen LogP contribution in [0.2, 0.25) is 0 Å². The summed E-state index contributed by atoms with van der Waals surface area (Å²) >= 11 is 0. The van der Waals surface area contributed by atoms with Gasteiger partial charge in [0.25, 0.3) is 5.91 Å². The second kappa shape index (κ2) is 5.98. The standard InChI is InChI=1S/C10H16N4O/c1-2-3-6-12-10(15)8-4-5-9(14-11)13-7-8/h4-5,7H,2-3,6,11H2,1H3,(H,12,15)(H,13,14). The number of nitrogens with zero attached hydrogens (tertiary/aromatic N) is 1. The molecule has 1 amide bonds. The highest BCUT2D eigenvalue weighted by atomic mass is 16.1. The average molecular weight is 208 g/mol. The molecule has 0 aliphatic heterocycles. The predicted molar refractivity (Wildman–Crippen MR) is 59.3 cm³/mol. The van der Waals surface area contributed by atoms with E-state index in [9.17, 15) is 4.79 Å². The van der Waals surface area contributed by atoms with Crippen molar-refractivity contribution >= 4 is 11.7 Å². The molecule has 5 heteroatoms. The summed E-state index contributed by atoms with van der Waals surface area (Å²) in [7, 11) is 0. The van der Waals surface area contributed by atoms with Gasteiger partial charge in [0, 0.05) is 12.7 Å². The van der Waals surface area contributed by atoms with E-state index in [0.717, 1.165) is 12.8 Å². The van der Waals surface area contributed by atoms with Crippen LogP contribution in [0.15, 0.2) is 18.3 Å². The van der Waals surface area contributed by atoms with E-state index >= 15 is 0 Å². The number of pyridine rings is 1. The highest BCUT2D eigenvalue weighted by Gasteiger charge is 2.04. The van der Waals surface area contributed by atoms with Crippen LogP contribution in [0.4, 0.5) is 5.82 Å². The number of carbonyl (C=O) groups is 1. The van der Waals surface area contributed by atoms with Gasteiger partial charge >= 0.3 is 0 Å². The molecule has 5 nitrogen and oxygen atoms in total. The first-order valence-electron chi connectivity index (χ1n) is 4.98. The molecular formula is C10H16N4O. The van der Waals surface area contributed by atoms with Gasteiger partial charge in [0.15, 0.2) is 0 Å². The first-order valence-corrected chi connectivity index (χ1v) is 4.98. The molecule has 82 valence electrons. The lowest BCUT2D eigenvalue weighted by molar-refractivity contribution is 0.0953. The number of hydrogen-bond acceptors (Lipinski definition) is 4. The molecule has 0 unspecified atom stereocenters. The summed E-state index contributed by atoms with van der Waals surface area (Å²) in [5.41, 5.74) is 2.95. The summed E-state index contributed by atoms with van der Waals surface area (Å²) in [6.07, 6.45) is 3.55. The Balaban J connectivity index is 2.50. The zero-order valence-corrected chi connectivity index (χ0v) is 8.79. The Morgan fingerprint density at radius 1 is 1.53 bits per heavy atom. The number of carbonyl (C=O) groups excluding carboxylic acids is 1. The second-order valence-electron chi connectivity index (χ2n) is 3.19. The van der Waals surface area contributed by atoms with Crippen LogP contribution in [0.25, 0.3) is 0 Å². The van der Waals surface area contributed by atoms with Gasteiger partial charge in [-0.2, -0.15) is 0 Å². The van der Waals surface area contributed by atoms with Crippen molar-refractivity contribution in [1.29, 1.82) is 0 Å². The van der Waals surface area contributed by atoms with Crippen molar-refractivity contribution in [2.75, 3.05) is 12.0 Å². The summed E-state index contributed by atoms with van der Waals surface area (Å²) in [5.74, 6) is 5.61. The van der Waals surface area contributed by atoms with Gasteiger partial charge in [-0.05, 0) is 18.6 Å². The van der Waals surface area contributed by atoms with Crippen molar-refractivity contribution in [3.8, 4) is 0 Å². The molecule has 1 heterocycles. The van der Waals surface area contributed by atoms with Crippen LogP contribution in [0.1, 0.15) is 30.1 Å².